The average molecular weight is 303 g/mol. The molecular weight excluding hydrogens is 285 g/mol. The summed E-state index contributed by atoms with van der Waals surface area (Å²) < 4.78 is 13.7. The lowest BCUT2D eigenvalue weighted by molar-refractivity contribution is -0.129. The number of aromatic amines is 1. The molecule has 1 fully saturated rings. The van der Waals surface area contributed by atoms with Crippen LogP contribution < -0.4 is 5.32 Å². The van der Waals surface area contributed by atoms with Gasteiger partial charge in [-0.2, -0.15) is 0 Å². The van der Waals surface area contributed by atoms with Crippen LogP contribution in [0.4, 0.5) is 4.39 Å². The highest BCUT2D eigenvalue weighted by Gasteiger charge is 2.20. The molecule has 2 heterocycles. The molecule has 2 amide bonds. The standard InChI is InChI=1S/C16H18FN3O2/c1-10-11-5-4-6-12(17)15(11)19-14(10)16(22)18-9-13(21)20-7-2-3-8-20/h4-6,19H,2-3,7-9H2,1H3,(H,18,22). The lowest BCUT2D eigenvalue weighted by atomic mass is 10.1. The minimum Gasteiger partial charge on any atom is -0.348 e. The third-order valence-corrected chi connectivity index (χ3v) is 4.13. The number of aryl methyl sites for hydroxylation is 1. The highest BCUT2D eigenvalue weighted by molar-refractivity contribution is 6.02. The number of hydrogen-bond acceptors (Lipinski definition) is 2. The Morgan fingerprint density at radius 2 is 2.05 bits per heavy atom. The first kappa shape index (κ1) is 14.6. The fourth-order valence-electron chi connectivity index (χ4n) is 2.87. The number of likely N-dealkylation sites (tertiary alicyclic amines) is 1. The Balaban J connectivity index is 1.73. The Bertz CT molecular complexity index is 732. The molecule has 0 atom stereocenters. The molecule has 22 heavy (non-hydrogen) atoms. The van der Waals surface area contributed by atoms with Crippen LogP contribution in [0.5, 0.6) is 0 Å². The number of fused-ring (bicyclic) bond motifs is 1. The summed E-state index contributed by atoms with van der Waals surface area (Å²) in [6.45, 7) is 3.24. The Labute approximate surface area is 127 Å². The average Bonchev–Trinajstić information content (AvgIpc) is 3.14. The molecule has 116 valence electrons. The molecule has 2 aromatic rings. The molecular formula is C16H18FN3O2. The highest BCUT2D eigenvalue weighted by atomic mass is 19.1. The maximum Gasteiger partial charge on any atom is 0.268 e. The summed E-state index contributed by atoms with van der Waals surface area (Å²) in [6, 6.07) is 4.71. The molecule has 1 aliphatic rings. The number of carbonyl (C=O) groups is 2. The highest BCUT2D eigenvalue weighted by Crippen LogP contribution is 2.23. The number of nitrogens with one attached hydrogen (secondary N) is 2. The third kappa shape index (κ3) is 2.56. The number of rotatable bonds is 3. The van der Waals surface area contributed by atoms with Crippen LogP contribution in [0.3, 0.4) is 0 Å². The van der Waals surface area contributed by atoms with Crippen LogP contribution in [0.2, 0.25) is 0 Å². The second-order valence-corrected chi connectivity index (χ2v) is 5.56. The molecule has 0 aliphatic carbocycles. The van der Waals surface area contributed by atoms with Crippen molar-refractivity contribution in [3.05, 3.63) is 35.3 Å². The number of benzene rings is 1. The van der Waals surface area contributed by atoms with Gasteiger partial charge < -0.3 is 15.2 Å². The van der Waals surface area contributed by atoms with Crippen LogP contribution in [-0.4, -0.2) is 41.3 Å². The van der Waals surface area contributed by atoms with E-state index in [-0.39, 0.29) is 18.4 Å². The van der Waals surface area contributed by atoms with E-state index in [1.165, 1.54) is 6.07 Å². The number of nitrogens with zero attached hydrogens (tertiary/aromatic N) is 1. The van der Waals surface area contributed by atoms with Gasteiger partial charge in [-0.25, -0.2) is 4.39 Å². The largest absolute Gasteiger partial charge is 0.348 e. The van der Waals surface area contributed by atoms with Gasteiger partial charge >= 0.3 is 0 Å². The molecule has 0 spiro atoms. The Morgan fingerprint density at radius 1 is 1.32 bits per heavy atom. The Hall–Kier alpha value is -2.37. The van der Waals surface area contributed by atoms with Gasteiger partial charge in [0.15, 0.2) is 0 Å². The monoisotopic (exact) mass is 303 g/mol. The topological polar surface area (TPSA) is 65.2 Å². The van der Waals surface area contributed by atoms with Crippen molar-refractivity contribution >= 4 is 22.7 Å². The van der Waals surface area contributed by atoms with Crippen molar-refractivity contribution in [2.24, 2.45) is 0 Å². The minimum absolute atomic E-state index is 0.0316. The predicted octanol–water partition coefficient (Wildman–Crippen LogP) is 1.97. The zero-order valence-corrected chi connectivity index (χ0v) is 12.4. The van der Waals surface area contributed by atoms with Gasteiger partial charge in [-0.3, -0.25) is 9.59 Å². The number of aromatic nitrogens is 1. The molecule has 2 N–H and O–H groups in total. The molecule has 5 nitrogen and oxygen atoms in total. The Morgan fingerprint density at radius 3 is 2.73 bits per heavy atom. The van der Waals surface area contributed by atoms with Gasteiger partial charge in [-0.05, 0) is 31.4 Å². The van der Waals surface area contributed by atoms with Crippen LogP contribution in [0.15, 0.2) is 18.2 Å². The van der Waals surface area contributed by atoms with E-state index in [4.69, 9.17) is 0 Å². The van der Waals surface area contributed by atoms with Crippen LogP contribution in [-0.2, 0) is 4.79 Å². The number of halogens is 1. The summed E-state index contributed by atoms with van der Waals surface area (Å²) in [4.78, 5) is 28.7. The molecule has 1 aromatic carbocycles. The molecule has 0 saturated carbocycles. The Kier molecular flexibility index (Phi) is 3.83. The van der Waals surface area contributed by atoms with Crippen molar-refractivity contribution in [3.8, 4) is 0 Å². The van der Waals surface area contributed by atoms with E-state index in [1.54, 1.807) is 24.0 Å². The van der Waals surface area contributed by atoms with Crippen LogP contribution in [0.25, 0.3) is 10.9 Å². The van der Waals surface area contributed by atoms with Crippen molar-refractivity contribution in [2.75, 3.05) is 19.6 Å². The van der Waals surface area contributed by atoms with E-state index in [9.17, 15) is 14.0 Å². The van der Waals surface area contributed by atoms with E-state index >= 15 is 0 Å². The van der Waals surface area contributed by atoms with Gasteiger partial charge in [0.05, 0.1) is 12.1 Å². The van der Waals surface area contributed by atoms with Gasteiger partial charge in [0.25, 0.3) is 5.91 Å². The second kappa shape index (κ2) is 5.79. The number of H-pyrrole nitrogens is 1. The van der Waals surface area contributed by atoms with E-state index < -0.39 is 5.82 Å². The maximum absolute atomic E-state index is 13.7. The quantitative estimate of drug-likeness (QED) is 0.910. The van der Waals surface area contributed by atoms with E-state index in [2.05, 4.69) is 10.3 Å². The summed E-state index contributed by atoms with van der Waals surface area (Å²) >= 11 is 0. The summed E-state index contributed by atoms with van der Waals surface area (Å²) in [7, 11) is 0. The smallest absolute Gasteiger partial charge is 0.268 e. The number of amides is 2. The zero-order valence-electron chi connectivity index (χ0n) is 12.4. The van der Waals surface area contributed by atoms with Crippen molar-refractivity contribution in [2.45, 2.75) is 19.8 Å². The molecule has 0 bridgehead atoms. The van der Waals surface area contributed by atoms with Gasteiger partial charge in [0.2, 0.25) is 5.91 Å². The molecule has 3 rings (SSSR count). The van der Waals surface area contributed by atoms with Crippen molar-refractivity contribution in [1.82, 2.24) is 15.2 Å². The van der Waals surface area contributed by atoms with Gasteiger partial charge in [0.1, 0.15) is 11.5 Å². The molecule has 1 saturated heterocycles. The summed E-state index contributed by atoms with van der Waals surface area (Å²) in [5.41, 5.74) is 1.30. The number of carbonyl (C=O) groups excluding carboxylic acids is 2. The van der Waals surface area contributed by atoms with Crippen LogP contribution in [0, 0.1) is 12.7 Å². The van der Waals surface area contributed by atoms with Gasteiger partial charge in [0, 0.05) is 18.5 Å². The maximum atomic E-state index is 13.7. The molecule has 0 radical (unpaired) electrons. The molecule has 1 aromatic heterocycles. The first-order valence-electron chi connectivity index (χ1n) is 7.40. The fraction of sp³-hybridized carbons (Fsp3) is 0.375. The van der Waals surface area contributed by atoms with Crippen LogP contribution in [0.1, 0.15) is 28.9 Å². The van der Waals surface area contributed by atoms with Gasteiger partial charge in [-0.15, -0.1) is 0 Å². The molecule has 1 aliphatic heterocycles. The molecule has 0 unspecified atom stereocenters. The lowest BCUT2D eigenvalue weighted by Crippen LogP contribution is -2.38. The zero-order chi connectivity index (χ0) is 15.7. The van der Waals surface area contributed by atoms with E-state index in [0.717, 1.165) is 25.9 Å². The number of hydrogen-bond donors (Lipinski definition) is 2. The summed E-state index contributed by atoms with van der Waals surface area (Å²) in [6.07, 6.45) is 2.03. The third-order valence-electron chi connectivity index (χ3n) is 4.13. The van der Waals surface area contributed by atoms with Crippen LogP contribution >= 0.6 is 0 Å². The summed E-state index contributed by atoms with van der Waals surface area (Å²) in [5.74, 6) is -0.862. The van der Waals surface area contributed by atoms with Crippen molar-refractivity contribution < 1.29 is 14.0 Å². The lowest BCUT2D eigenvalue weighted by Gasteiger charge is -2.15. The van der Waals surface area contributed by atoms with Gasteiger partial charge in [-0.1, -0.05) is 12.1 Å². The van der Waals surface area contributed by atoms with E-state index in [1.807, 2.05) is 0 Å². The van der Waals surface area contributed by atoms with Crippen molar-refractivity contribution in [3.63, 3.8) is 0 Å². The first-order chi connectivity index (χ1) is 10.6. The van der Waals surface area contributed by atoms with Crippen molar-refractivity contribution in [1.29, 1.82) is 0 Å². The predicted molar refractivity (Wildman–Crippen MR) is 81.1 cm³/mol. The SMILES string of the molecule is Cc1c(C(=O)NCC(=O)N2CCCC2)[nH]c2c(F)cccc12. The van der Waals surface area contributed by atoms with E-state index in [0.29, 0.717) is 22.2 Å². The second-order valence-electron chi connectivity index (χ2n) is 5.56. The molecule has 6 heteroatoms. The fourth-order valence-corrected chi connectivity index (χ4v) is 2.87. The summed E-state index contributed by atoms with van der Waals surface area (Å²) in [5, 5.41) is 3.29. The first-order valence-corrected chi connectivity index (χ1v) is 7.40. The number of para-hydroxylation sites is 1. The normalized spacial score (nSPS) is 14.5. The minimum atomic E-state index is -0.396.